The molecule has 0 fully saturated rings. The molecule has 1 rings (SSSR count). The van der Waals surface area contributed by atoms with Crippen LogP contribution in [0.3, 0.4) is 0 Å². The normalized spacial score (nSPS) is 12.0. The van der Waals surface area contributed by atoms with E-state index in [2.05, 4.69) is 12.2 Å². The highest BCUT2D eigenvalue weighted by Gasteiger charge is 2.10. The summed E-state index contributed by atoms with van der Waals surface area (Å²) in [6.45, 7) is 6.90. The van der Waals surface area contributed by atoms with Gasteiger partial charge in [0.2, 0.25) is 0 Å². The second-order valence-corrected chi connectivity index (χ2v) is 5.80. The second kappa shape index (κ2) is 10.1. The molecule has 0 spiro atoms. The molecule has 0 radical (unpaired) electrons. The lowest BCUT2D eigenvalue weighted by Gasteiger charge is -2.13. The van der Waals surface area contributed by atoms with E-state index in [0.29, 0.717) is 23.6 Å². The summed E-state index contributed by atoms with van der Waals surface area (Å²) in [7, 11) is 0. The van der Waals surface area contributed by atoms with Gasteiger partial charge in [-0.2, -0.15) is 0 Å². The molecule has 1 unspecified atom stereocenters. The zero-order valence-corrected chi connectivity index (χ0v) is 14.2. The zero-order chi connectivity index (χ0) is 16.4. The Labute approximate surface area is 134 Å². The van der Waals surface area contributed by atoms with Gasteiger partial charge in [-0.25, -0.2) is 0 Å². The minimum absolute atomic E-state index is 0.0906. The van der Waals surface area contributed by atoms with E-state index in [9.17, 15) is 4.79 Å². The fourth-order valence-electron chi connectivity index (χ4n) is 2.12. The lowest BCUT2D eigenvalue weighted by molar-refractivity contribution is 0.0939. The molecule has 1 amide bonds. The second-order valence-electron chi connectivity index (χ2n) is 5.80. The molecule has 1 aromatic rings. The molecule has 4 nitrogen and oxygen atoms in total. The first kappa shape index (κ1) is 18.3. The summed E-state index contributed by atoms with van der Waals surface area (Å²) in [6, 6.07) is 5.39. The molecule has 0 aromatic heterocycles. The van der Waals surface area contributed by atoms with Gasteiger partial charge in [-0.15, -0.1) is 0 Å². The number of nitrogen functional groups attached to an aromatic ring is 1. The average Bonchev–Trinajstić information content (AvgIpc) is 2.51. The highest BCUT2D eigenvalue weighted by atomic mass is 16.5. The van der Waals surface area contributed by atoms with Crippen molar-refractivity contribution < 1.29 is 9.53 Å². The van der Waals surface area contributed by atoms with E-state index in [1.165, 1.54) is 25.7 Å². The van der Waals surface area contributed by atoms with Gasteiger partial charge < -0.3 is 15.8 Å². The van der Waals surface area contributed by atoms with E-state index in [0.717, 1.165) is 12.8 Å². The maximum atomic E-state index is 12.0. The quantitative estimate of drug-likeness (QED) is 0.504. The van der Waals surface area contributed by atoms with Crippen molar-refractivity contribution in [2.45, 2.75) is 65.3 Å². The molecule has 0 aliphatic heterocycles. The van der Waals surface area contributed by atoms with E-state index in [1.807, 2.05) is 13.8 Å². The minimum atomic E-state index is -0.0906. The first-order valence-corrected chi connectivity index (χ1v) is 8.41. The van der Waals surface area contributed by atoms with Gasteiger partial charge in [0.05, 0.1) is 12.3 Å². The molecule has 0 saturated heterocycles. The van der Waals surface area contributed by atoms with Gasteiger partial charge in [-0.3, -0.25) is 4.79 Å². The molecule has 22 heavy (non-hydrogen) atoms. The number of hydrogen-bond donors (Lipinski definition) is 2. The van der Waals surface area contributed by atoms with Crippen LogP contribution in [-0.2, 0) is 0 Å². The van der Waals surface area contributed by atoms with Crippen molar-refractivity contribution in [1.82, 2.24) is 5.32 Å². The predicted octanol–water partition coefficient (Wildman–Crippen LogP) is 4.15. The number of unbranched alkanes of at least 4 members (excludes halogenated alkanes) is 4. The Hall–Kier alpha value is -1.71. The fraction of sp³-hybridized carbons (Fsp3) is 0.611. The number of nitrogens with one attached hydrogen (secondary N) is 1. The van der Waals surface area contributed by atoms with E-state index in [4.69, 9.17) is 10.5 Å². The summed E-state index contributed by atoms with van der Waals surface area (Å²) in [5.41, 5.74) is 7.08. The van der Waals surface area contributed by atoms with E-state index >= 15 is 0 Å². The SMILES string of the molecule is CCCCCCCOc1ccc(C(=O)NC(C)CC)cc1N. The molecule has 1 atom stereocenters. The van der Waals surface area contributed by atoms with Crippen molar-refractivity contribution in [3.8, 4) is 5.75 Å². The fourth-order valence-corrected chi connectivity index (χ4v) is 2.12. The van der Waals surface area contributed by atoms with E-state index in [-0.39, 0.29) is 11.9 Å². The Morgan fingerprint density at radius 2 is 1.95 bits per heavy atom. The minimum Gasteiger partial charge on any atom is -0.491 e. The topological polar surface area (TPSA) is 64.3 Å². The predicted molar refractivity (Wildman–Crippen MR) is 92.3 cm³/mol. The van der Waals surface area contributed by atoms with Crippen LogP contribution < -0.4 is 15.8 Å². The van der Waals surface area contributed by atoms with Gasteiger partial charge in [0.1, 0.15) is 5.75 Å². The van der Waals surface area contributed by atoms with Crippen LogP contribution in [0.15, 0.2) is 18.2 Å². The summed E-state index contributed by atoms with van der Waals surface area (Å²) in [5, 5.41) is 2.93. The lowest BCUT2D eigenvalue weighted by Crippen LogP contribution is -2.31. The van der Waals surface area contributed by atoms with Gasteiger partial charge >= 0.3 is 0 Å². The number of rotatable bonds is 10. The summed E-state index contributed by atoms with van der Waals surface area (Å²) < 4.78 is 5.70. The number of carbonyl (C=O) groups excluding carboxylic acids is 1. The van der Waals surface area contributed by atoms with Crippen LogP contribution >= 0.6 is 0 Å². The zero-order valence-electron chi connectivity index (χ0n) is 14.2. The molecule has 124 valence electrons. The van der Waals surface area contributed by atoms with Crippen LogP contribution in [0, 0.1) is 0 Å². The summed E-state index contributed by atoms with van der Waals surface area (Å²) in [5.74, 6) is 0.572. The highest BCUT2D eigenvalue weighted by molar-refractivity contribution is 5.95. The molecule has 0 aliphatic carbocycles. The molecule has 0 aliphatic rings. The van der Waals surface area contributed by atoms with Crippen molar-refractivity contribution in [2.24, 2.45) is 0 Å². The maximum absolute atomic E-state index is 12.0. The number of hydrogen-bond acceptors (Lipinski definition) is 3. The Kier molecular flexibility index (Phi) is 8.41. The Morgan fingerprint density at radius 3 is 2.59 bits per heavy atom. The van der Waals surface area contributed by atoms with Crippen LogP contribution in [0.25, 0.3) is 0 Å². The van der Waals surface area contributed by atoms with Crippen molar-refractivity contribution >= 4 is 11.6 Å². The number of anilines is 1. The average molecular weight is 306 g/mol. The third-order valence-corrected chi connectivity index (χ3v) is 3.77. The number of ether oxygens (including phenoxy) is 1. The van der Waals surface area contributed by atoms with Crippen molar-refractivity contribution in [3.05, 3.63) is 23.8 Å². The van der Waals surface area contributed by atoms with Crippen LogP contribution in [0.2, 0.25) is 0 Å². The molecule has 0 heterocycles. The highest BCUT2D eigenvalue weighted by Crippen LogP contribution is 2.23. The van der Waals surface area contributed by atoms with Crippen molar-refractivity contribution in [2.75, 3.05) is 12.3 Å². The Bertz CT molecular complexity index is 460. The number of benzene rings is 1. The van der Waals surface area contributed by atoms with E-state index < -0.39 is 0 Å². The molecule has 1 aromatic carbocycles. The van der Waals surface area contributed by atoms with Crippen molar-refractivity contribution in [3.63, 3.8) is 0 Å². The third kappa shape index (κ3) is 6.37. The molecule has 0 bridgehead atoms. The Morgan fingerprint density at radius 1 is 1.23 bits per heavy atom. The van der Waals surface area contributed by atoms with Crippen LogP contribution in [0.1, 0.15) is 69.7 Å². The van der Waals surface area contributed by atoms with Gasteiger partial charge in [0, 0.05) is 11.6 Å². The smallest absolute Gasteiger partial charge is 0.251 e. The van der Waals surface area contributed by atoms with Gasteiger partial charge in [0.15, 0.2) is 0 Å². The van der Waals surface area contributed by atoms with Gasteiger partial charge in [-0.1, -0.05) is 39.5 Å². The van der Waals surface area contributed by atoms with E-state index in [1.54, 1.807) is 18.2 Å². The summed E-state index contributed by atoms with van der Waals surface area (Å²) in [6.07, 6.45) is 6.90. The monoisotopic (exact) mass is 306 g/mol. The molecule has 0 saturated carbocycles. The van der Waals surface area contributed by atoms with Crippen LogP contribution in [0.4, 0.5) is 5.69 Å². The molecule has 4 heteroatoms. The van der Waals surface area contributed by atoms with Gasteiger partial charge in [0.25, 0.3) is 5.91 Å². The number of amides is 1. The summed E-state index contributed by atoms with van der Waals surface area (Å²) >= 11 is 0. The summed E-state index contributed by atoms with van der Waals surface area (Å²) in [4.78, 5) is 12.0. The molecular formula is C18H30N2O2. The standard InChI is InChI=1S/C18H30N2O2/c1-4-6-7-8-9-12-22-17-11-10-15(13-16(17)19)18(21)20-14(3)5-2/h10-11,13-14H,4-9,12,19H2,1-3H3,(H,20,21). The molecule has 3 N–H and O–H groups in total. The van der Waals surface area contributed by atoms with Crippen LogP contribution in [0.5, 0.6) is 5.75 Å². The first-order valence-electron chi connectivity index (χ1n) is 8.41. The third-order valence-electron chi connectivity index (χ3n) is 3.77. The van der Waals surface area contributed by atoms with Crippen LogP contribution in [-0.4, -0.2) is 18.6 Å². The Balaban J connectivity index is 2.46. The van der Waals surface area contributed by atoms with Crippen molar-refractivity contribution in [1.29, 1.82) is 0 Å². The lowest BCUT2D eigenvalue weighted by atomic mass is 10.1. The number of carbonyl (C=O) groups is 1. The van der Waals surface area contributed by atoms with Gasteiger partial charge in [-0.05, 0) is 38.0 Å². The largest absolute Gasteiger partial charge is 0.491 e. The first-order chi connectivity index (χ1) is 10.6. The molecular weight excluding hydrogens is 276 g/mol. The maximum Gasteiger partial charge on any atom is 0.251 e. The number of nitrogens with two attached hydrogens (primary N) is 1.